The average molecular weight is 408 g/mol. The van der Waals surface area contributed by atoms with Gasteiger partial charge in [0, 0.05) is 31.5 Å². The molecule has 0 bridgehead atoms. The maximum atomic E-state index is 11.8. The number of aryl methyl sites for hydroxylation is 2. The van der Waals surface area contributed by atoms with E-state index in [2.05, 4.69) is 22.0 Å². The lowest BCUT2D eigenvalue weighted by Crippen LogP contribution is -2.26. The molecule has 1 N–H and O–H groups in total. The summed E-state index contributed by atoms with van der Waals surface area (Å²) in [7, 11) is 1.65. The highest BCUT2D eigenvalue weighted by Gasteiger charge is 2.29. The van der Waals surface area contributed by atoms with Crippen molar-refractivity contribution in [3.8, 4) is 11.5 Å². The minimum absolute atomic E-state index is 0.207. The van der Waals surface area contributed by atoms with Crippen LogP contribution in [-0.4, -0.2) is 35.7 Å². The first kappa shape index (κ1) is 20.3. The number of methoxy groups -OCH3 is 1. The first-order chi connectivity index (χ1) is 14.7. The number of benzene rings is 2. The number of nitrogens with zero attached hydrogens (tertiary/aromatic N) is 2. The van der Waals surface area contributed by atoms with E-state index < -0.39 is 0 Å². The Morgan fingerprint density at radius 2 is 1.97 bits per heavy atom. The van der Waals surface area contributed by atoms with Crippen molar-refractivity contribution in [1.29, 1.82) is 0 Å². The van der Waals surface area contributed by atoms with Crippen LogP contribution in [0.15, 0.2) is 48.5 Å². The van der Waals surface area contributed by atoms with E-state index in [1.165, 1.54) is 0 Å². The fourth-order valence-electron chi connectivity index (χ4n) is 3.62. The standard InChI is InChI=1S/C24H29N3O3/c1-29-19-7-4-8-20(17-19)30-16-6-15-27-22-10-3-2-9-21(22)26-23(27)11-5-14-25-24(28)18-12-13-18/h2-4,7-10,17-18H,5-6,11-16H2,1H3,(H,25,28). The lowest BCUT2D eigenvalue weighted by Gasteiger charge is -2.11. The number of carbonyl (C=O) groups is 1. The predicted molar refractivity (Wildman–Crippen MR) is 117 cm³/mol. The van der Waals surface area contributed by atoms with Gasteiger partial charge >= 0.3 is 0 Å². The van der Waals surface area contributed by atoms with E-state index in [0.29, 0.717) is 13.2 Å². The zero-order chi connectivity index (χ0) is 20.8. The molecule has 158 valence electrons. The monoisotopic (exact) mass is 407 g/mol. The van der Waals surface area contributed by atoms with Crippen molar-refractivity contribution in [2.45, 2.75) is 38.6 Å². The third-order valence-electron chi connectivity index (χ3n) is 5.39. The molecule has 1 amide bonds. The van der Waals surface area contributed by atoms with E-state index in [0.717, 1.165) is 67.0 Å². The average Bonchev–Trinajstić information content (AvgIpc) is 3.57. The normalized spacial score (nSPS) is 13.4. The minimum atomic E-state index is 0.207. The van der Waals surface area contributed by atoms with Crippen LogP contribution in [0.4, 0.5) is 0 Å². The number of carbonyl (C=O) groups excluding carboxylic acids is 1. The smallest absolute Gasteiger partial charge is 0.223 e. The number of imidazole rings is 1. The Morgan fingerprint density at radius 1 is 1.13 bits per heavy atom. The van der Waals surface area contributed by atoms with E-state index >= 15 is 0 Å². The van der Waals surface area contributed by atoms with Crippen molar-refractivity contribution in [3.63, 3.8) is 0 Å². The molecule has 0 spiro atoms. The van der Waals surface area contributed by atoms with Gasteiger partial charge < -0.3 is 19.4 Å². The first-order valence-electron chi connectivity index (χ1n) is 10.7. The largest absolute Gasteiger partial charge is 0.497 e. The summed E-state index contributed by atoms with van der Waals surface area (Å²) in [6.45, 7) is 2.17. The van der Waals surface area contributed by atoms with Crippen LogP contribution in [0.5, 0.6) is 11.5 Å². The van der Waals surface area contributed by atoms with E-state index in [4.69, 9.17) is 14.5 Å². The second-order valence-electron chi connectivity index (χ2n) is 7.72. The predicted octanol–water partition coefficient (Wildman–Crippen LogP) is 3.97. The highest BCUT2D eigenvalue weighted by Crippen LogP contribution is 2.28. The molecule has 1 aliphatic carbocycles. The summed E-state index contributed by atoms with van der Waals surface area (Å²) < 4.78 is 13.4. The molecule has 6 nitrogen and oxygen atoms in total. The molecule has 1 aromatic heterocycles. The third-order valence-corrected chi connectivity index (χ3v) is 5.39. The second-order valence-corrected chi connectivity index (χ2v) is 7.72. The van der Waals surface area contributed by atoms with Crippen molar-refractivity contribution in [2.24, 2.45) is 5.92 Å². The van der Waals surface area contributed by atoms with Crippen molar-refractivity contribution in [2.75, 3.05) is 20.3 Å². The van der Waals surface area contributed by atoms with Crippen LogP contribution in [0.1, 0.15) is 31.5 Å². The molecule has 1 fully saturated rings. The van der Waals surface area contributed by atoms with E-state index in [9.17, 15) is 4.79 Å². The van der Waals surface area contributed by atoms with Crippen molar-refractivity contribution >= 4 is 16.9 Å². The number of aromatic nitrogens is 2. The van der Waals surface area contributed by atoms with Gasteiger partial charge in [0.1, 0.15) is 17.3 Å². The fraction of sp³-hybridized carbons (Fsp3) is 0.417. The zero-order valence-electron chi connectivity index (χ0n) is 17.5. The molecule has 0 atom stereocenters. The van der Waals surface area contributed by atoms with Crippen LogP contribution >= 0.6 is 0 Å². The maximum Gasteiger partial charge on any atom is 0.223 e. The van der Waals surface area contributed by atoms with Gasteiger partial charge in [-0.2, -0.15) is 0 Å². The molecule has 0 unspecified atom stereocenters. The molecule has 2 aromatic carbocycles. The molecule has 3 aromatic rings. The van der Waals surface area contributed by atoms with Crippen molar-refractivity contribution in [3.05, 3.63) is 54.4 Å². The summed E-state index contributed by atoms with van der Waals surface area (Å²) in [5.74, 6) is 3.15. The summed E-state index contributed by atoms with van der Waals surface area (Å²) in [5, 5.41) is 3.04. The van der Waals surface area contributed by atoms with Crippen LogP contribution in [0.25, 0.3) is 11.0 Å². The number of para-hydroxylation sites is 2. The van der Waals surface area contributed by atoms with Crippen LogP contribution in [0.2, 0.25) is 0 Å². The second kappa shape index (κ2) is 9.65. The van der Waals surface area contributed by atoms with Crippen LogP contribution in [-0.2, 0) is 17.8 Å². The molecular weight excluding hydrogens is 378 g/mol. The summed E-state index contributed by atoms with van der Waals surface area (Å²) in [5.41, 5.74) is 2.17. The fourth-order valence-corrected chi connectivity index (χ4v) is 3.62. The molecule has 4 rings (SSSR count). The lowest BCUT2D eigenvalue weighted by molar-refractivity contribution is -0.122. The third kappa shape index (κ3) is 5.12. The van der Waals surface area contributed by atoms with E-state index in [-0.39, 0.29) is 11.8 Å². The number of hydrogen-bond acceptors (Lipinski definition) is 4. The topological polar surface area (TPSA) is 65.4 Å². The number of hydrogen-bond donors (Lipinski definition) is 1. The van der Waals surface area contributed by atoms with Crippen molar-refractivity contribution < 1.29 is 14.3 Å². The number of nitrogens with one attached hydrogen (secondary N) is 1. The van der Waals surface area contributed by atoms with E-state index in [1.807, 2.05) is 36.4 Å². The molecule has 6 heteroatoms. The number of rotatable bonds is 11. The van der Waals surface area contributed by atoms with Gasteiger partial charge in [0.25, 0.3) is 0 Å². The Hall–Kier alpha value is -3.02. The van der Waals surface area contributed by atoms with Gasteiger partial charge in [-0.05, 0) is 49.9 Å². The Kier molecular flexibility index (Phi) is 6.52. The van der Waals surface area contributed by atoms with Crippen LogP contribution in [0.3, 0.4) is 0 Å². The Morgan fingerprint density at radius 3 is 2.80 bits per heavy atom. The molecule has 1 saturated carbocycles. The van der Waals surface area contributed by atoms with Gasteiger partial charge in [0.2, 0.25) is 5.91 Å². The lowest BCUT2D eigenvalue weighted by atomic mass is 10.2. The van der Waals surface area contributed by atoms with Gasteiger partial charge in [-0.15, -0.1) is 0 Å². The minimum Gasteiger partial charge on any atom is -0.497 e. The summed E-state index contributed by atoms with van der Waals surface area (Å²) in [6, 6.07) is 15.9. The SMILES string of the molecule is COc1cccc(OCCCn2c(CCCNC(=O)C3CC3)nc3ccccc32)c1. The summed E-state index contributed by atoms with van der Waals surface area (Å²) in [4.78, 5) is 16.6. The first-order valence-corrected chi connectivity index (χ1v) is 10.7. The molecular formula is C24H29N3O3. The van der Waals surface area contributed by atoms with Crippen LogP contribution < -0.4 is 14.8 Å². The summed E-state index contributed by atoms with van der Waals surface area (Å²) in [6.07, 6.45) is 4.69. The van der Waals surface area contributed by atoms with Gasteiger partial charge in [-0.3, -0.25) is 4.79 Å². The van der Waals surface area contributed by atoms with Gasteiger partial charge in [0.15, 0.2) is 0 Å². The Labute approximate surface area is 177 Å². The number of ether oxygens (including phenoxy) is 2. The highest BCUT2D eigenvalue weighted by molar-refractivity contribution is 5.80. The molecule has 0 radical (unpaired) electrons. The Balaban J connectivity index is 1.33. The van der Waals surface area contributed by atoms with Crippen molar-refractivity contribution in [1.82, 2.24) is 14.9 Å². The number of fused-ring (bicyclic) bond motifs is 1. The van der Waals surface area contributed by atoms with Gasteiger partial charge in [0.05, 0.1) is 24.8 Å². The van der Waals surface area contributed by atoms with Gasteiger partial charge in [-0.1, -0.05) is 18.2 Å². The molecule has 30 heavy (non-hydrogen) atoms. The van der Waals surface area contributed by atoms with Crippen LogP contribution in [0, 0.1) is 5.92 Å². The molecule has 1 heterocycles. The highest BCUT2D eigenvalue weighted by atomic mass is 16.5. The van der Waals surface area contributed by atoms with E-state index in [1.54, 1.807) is 7.11 Å². The molecule has 1 aliphatic rings. The number of amides is 1. The summed E-state index contributed by atoms with van der Waals surface area (Å²) >= 11 is 0. The quantitative estimate of drug-likeness (QED) is 0.489. The zero-order valence-corrected chi connectivity index (χ0v) is 17.5. The molecule has 0 saturated heterocycles. The maximum absolute atomic E-state index is 11.8. The molecule has 0 aliphatic heterocycles. The van der Waals surface area contributed by atoms with Gasteiger partial charge in [-0.25, -0.2) is 4.98 Å². The Bertz CT molecular complexity index is 994.